The Morgan fingerprint density at radius 1 is 0.769 bits per heavy atom. The monoisotopic (exact) mass is 663 g/mol. The van der Waals surface area contributed by atoms with Gasteiger partial charge in [-0.3, -0.25) is 38.8 Å². The van der Waals surface area contributed by atoms with Crippen molar-refractivity contribution in [1.82, 2.24) is 19.6 Å². The van der Waals surface area contributed by atoms with E-state index in [9.17, 15) is 39.6 Å². The van der Waals surface area contributed by atoms with Crippen LogP contribution in [0.5, 0.6) is 0 Å². The van der Waals surface area contributed by atoms with Crippen LogP contribution in [-0.4, -0.2) is 142 Å². The van der Waals surface area contributed by atoms with Crippen molar-refractivity contribution < 1.29 is 39.6 Å². The number of carbonyl (C=O) groups is 4. The molecule has 0 radical (unpaired) electrons. The zero-order chi connectivity index (χ0) is 28.8. The normalized spacial score (nSPS) is 16.7. The van der Waals surface area contributed by atoms with Gasteiger partial charge in [0.05, 0.1) is 49.0 Å². The third-order valence-corrected chi connectivity index (χ3v) is 7.27. The van der Waals surface area contributed by atoms with Crippen molar-refractivity contribution in [3.8, 4) is 0 Å². The summed E-state index contributed by atoms with van der Waals surface area (Å²) >= 11 is 2.06. The highest BCUT2D eigenvalue weighted by atomic mass is 127. The molecule has 0 bridgehead atoms. The van der Waals surface area contributed by atoms with Crippen molar-refractivity contribution in [1.29, 1.82) is 0 Å². The van der Waals surface area contributed by atoms with E-state index in [0.717, 1.165) is 17.7 Å². The number of hydrogen-bond donors (Lipinski definition) is 5. The fraction of sp³-hybridized carbons (Fsp3) is 0.600. The number of aryl methyl sites for hydroxylation is 1. The van der Waals surface area contributed by atoms with Crippen molar-refractivity contribution in [3.63, 3.8) is 0 Å². The van der Waals surface area contributed by atoms with Crippen molar-refractivity contribution in [2.45, 2.75) is 25.3 Å². The molecule has 0 spiro atoms. The highest BCUT2D eigenvalue weighted by molar-refractivity contribution is 14.1. The lowest BCUT2D eigenvalue weighted by atomic mass is 10.0. The Balaban J connectivity index is 2.19. The van der Waals surface area contributed by atoms with Gasteiger partial charge in [0.15, 0.2) is 0 Å². The lowest BCUT2D eigenvalue weighted by Crippen LogP contribution is -2.50. The van der Waals surface area contributed by atoms with E-state index in [1.807, 2.05) is 24.3 Å². The summed E-state index contributed by atoms with van der Waals surface area (Å²) in [7, 11) is 0. The van der Waals surface area contributed by atoms with Crippen LogP contribution in [-0.2, 0) is 25.6 Å². The minimum Gasteiger partial charge on any atom is -0.480 e. The first-order valence-electron chi connectivity index (χ1n) is 12.8. The summed E-state index contributed by atoms with van der Waals surface area (Å²) in [5.41, 5.74) is 2.09. The molecule has 1 heterocycles. The van der Waals surface area contributed by atoms with E-state index >= 15 is 0 Å². The first-order valence-corrected chi connectivity index (χ1v) is 13.9. The number of carboxylic acids is 4. The fourth-order valence-corrected chi connectivity index (χ4v) is 5.05. The molecule has 1 saturated heterocycles. The summed E-state index contributed by atoms with van der Waals surface area (Å²) in [6, 6.07) is 7.58. The lowest BCUT2D eigenvalue weighted by molar-refractivity contribution is -0.143. The molecule has 39 heavy (non-hydrogen) atoms. The van der Waals surface area contributed by atoms with Gasteiger partial charge in [-0.2, -0.15) is 0 Å². The minimum absolute atomic E-state index is 0.172. The quantitative estimate of drug-likeness (QED) is 0.124. The highest BCUT2D eigenvalue weighted by Crippen LogP contribution is 2.16. The molecular weight excluding hydrogens is 625 g/mol. The van der Waals surface area contributed by atoms with Crippen LogP contribution >= 0.6 is 22.9 Å². The van der Waals surface area contributed by atoms with E-state index < -0.39 is 37.0 Å². The van der Waals surface area contributed by atoms with Crippen LogP contribution in [0.2, 0.25) is 0 Å². The van der Waals surface area contributed by atoms with Crippen molar-refractivity contribution in [2.24, 2.45) is 0 Å². The summed E-state index contributed by atoms with van der Waals surface area (Å²) in [6.45, 7) is 1.87. The number of carboxylic acid groups (broad SMARTS) is 4. The van der Waals surface area contributed by atoms with E-state index in [-0.39, 0.29) is 19.1 Å². The standard InChI is InChI=1S/C25H38IN5O8/c26-27-20-6-4-19(5-7-20)2-1-3-21(31(17-24(36)37)18-25(38)39)14-28-8-10-29(15-22(32)33)12-13-30(11-9-28)16-23(34)35/h4-7,21,27H,1-3,8-18H2,(H,32,33)(H,34,35)(H,36,37)(H,38,39). The Morgan fingerprint density at radius 2 is 1.23 bits per heavy atom. The first kappa shape index (κ1) is 32.7. The van der Waals surface area contributed by atoms with Crippen molar-refractivity contribution in [3.05, 3.63) is 29.8 Å². The number of nitrogens with zero attached hydrogens (tertiary/aromatic N) is 4. The van der Waals surface area contributed by atoms with Crippen LogP contribution in [0.25, 0.3) is 0 Å². The van der Waals surface area contributed by atoms with Gasteiger partial charge >= 0.3 is 23.9 Å². The van der Waals surface area contributed by atoms with Gasteiger partial charge < -0.3 is 24.0 Å². The topological polar surface area (TPSA) is 174 Å². The summed E-state index contributed by atoms with van der Waals surface area (Å²) in [4.78, 5) is 52.9. The number of rotatable bonds is 16. The third-order valence-electron chi connectivity index (χ3n) is 6.64. The zero-order valence-corrected chi connectivity index (χ0v) is 24.0. The van der Waals surface area contributed by atoms with Crippen molar-refractivity contribution >= 4 is 52.4 Å². The second-order valence-electron chi connectivity index (χ2n) is 9.67. The molecule has 0 aliphatic carbocycles. The summed E-state index contributed by atoms with van der Waals surface area (Å²) in [5, 5.41) is 37.6. The maximum absolute atomic E-state index is 11.6. The maximum atomic E-state index is 11.6. The van der Waals surface area contributed by atoms with Gasteiger partial charge in [0.1, 0.15) is 0 Å². The molecule has 1 aliphatic rings. The minimum atomic E-state index is -1.12. The van der Waals surface area contributed by atoms with Gasteiger partial charge in [0.2, 0.25) is 0 Å². The molecule has 1 atom stereocenters. The number of hydrogen-bond acceptors (Lipinski definition) is 9. The SMILES string of the molecule is O=C(O)CN1CCN(CC(=O)O)CCN(CC(CCCc2ccc(NI)cc2)N(CC(=O)O)CC(=O)O)CC1. The van der Waals surface area contributed by atoms with Crippen LogP contribution in [0.3, 0.4) is 0 Å². The number of aliphatic carboxylic acids is 4. The Labute approximate surface area is 241 Å². The molecule has 0 aromatic heterocycles. The number of anilines is 1. The van der Waals surface area contributed by atoms with E-state index in [1.165, 1.54) is 4.90 Å². The van der Waals surface area contributed by atoms with Crippen LogP contribution in [0.1, 0.15) is 18.4 Å². The predicted molar refractivity (Wildman–Crippen MR) is 152 cm³/mol. The van der Waals surface area contributed by atoms with E-state index in [0.29, 0.717) is 58.7 Å². The molecule has 218 valence electrons. The summed E-state index contributed by atoms with van der Waals surface area (Å²) in [6.07, 6.45) is 2.01. The second kappa shape index (κ2) is 17.2. The van der Waals surface area contributed by atoms with Gasteiger partial charge in [-0.1, -0.05) is 12.1 Å². The molecule has 0 amide bonds. The molecule has 2 rings (SSSR count). The van der Waals surface area contributed by atoms with Gasteiger partial charge in [-0.25, -0.2) is 0 Å². The predicted octanol–water partition coefficient (Wildman–Crippen LogP) is 0.700. The molecule has 0 saturated carbocycles. The number of nitrogens with one attached hydrogen (secondary N) is 1. The fourth-order valence-electron chi connectivity index (χ4n) is 4.69. The highest BCUT2D eigenvalue weighted by Gasteiger charge is 2.27. The van der Waals surface area contributed by atoms with E-state index in [1.54, 1.807) is 9.80 Å². The largest absolute Gasteiger partial charge is 0.480 e. The first-order chi connectivity index (χ1) is 18.5. The molecular formula is C25H38IN5O8. The lowest BCUT2D eigenvalue weighted by Gasteiger charge is -2.35. The molecule has 1 aromatic rings. The Morgan fingerprint density at radius 3 is 1.64 bits per heavy atom. The van der Waals surface area contributed by atoms with Gasteiger partial charge in [0, 0.05) is 57.5 Å². The Kier molecular flexibility index (Phi) is 14.4. The van der Waals surface area contributed by atoms with Crippen molar-refractivity contribution in [2.75, 3.05) is 75.5 Å². The Hall–Kier alpha value is -2.53. The van der Waals surface area contributed by atoms with Crippen LogP contribution < -0.4 is 3.53 Å². The molecule has 1 unspecified atom stereocenters. The third kappa shape index (κ3) is 13.4. The average Bonchev–Trinajstić information content (AvgIpc) is 2.94. The second-order valence-corrected chi connectivity index (χ2v) is 10.2. The molecule has 13 nitrogen and oxygen atoms in total. The maximum Gasteiger partial charge on any atom is 0.317 e. The van der Waals surface area contributed by atoms with Gasteiger partial charge in [-0.05, 0) is 37.0 Å². The molecule has 1 aromatic carbocycles. The molecule has 14 heteroatoms. The molecule has 1 fully saturated rings. The number of halogens is 1. The van der Waals surface area contributed by atoms with Crippen LogP contribution in [0, 0.1) is 0 Å². The average molecular weight is 664 g/mol. The van der Waals surface area contributed by atoms with E-state index in [4.69, 9.17) is 0 Å². The Bertz CT molecular complexity index is 907. The van der Waals surface area contributed by atoms with Crippen LogP contribution in [0.15, 0.2) is 24.3 Å². The smallest absolute Gasteiger partial charge is 0.317 e. The zero-order valence-electron chi connectivity index (χ0n) is 21.9. The molecule has 1 aliphatic heterocycles. The van der Waals surface area contributed by atoms with E-state index in [2.05, 4.69) is 31.3 Å². The van der Waals surface area contributed by atoms with Gasteiger partial charge in [-0.15, -0.1) is 0 Å². The van der Waals surface area contributed by atoms with Gasteiger partial charge in [0.25, 0.3) is 0 Å². The molecule has 5 N–H and O–H groups in total. The summed E-state index contributed by atoms with van der Waals surface area (Å²) < 4.78 is 3.04. The van der Waals surface area contributed by atoms with Crippen LogP contribution in [0.4, 0.5) is 5.69 Å². The number of benzene rings is 1. The summed E-state index contributed by atoms with van der Waals surface area (Å²) in [5.74, 6) is -4.18.